The summed E-state index contributed by atoms with van der Waals surface area (Å²) in [6.45, 7) is 14.4. The maximum absolute atomic E-state index is 13.1. The predicted octanol–water partition coefficient (Wildman–Crippen LogP) is 6.11. The highest BCUT2D eigenvalue weighted by Gasteiger charge is 2.46. The minimum atomic E-state index is -2.93. The zero-order chi connectivity index (χ0) is 34.4. The quantitative estimate of drug-likeness (QED) is 0.186. The van der Waals surface area contributed by atoms with Gasteiger partial charge >= 0.3 is 6.03 Å². The number of benzene rings is 2. The Labute approximate surface area is 278 Å². The van der Waals surface area contributed by atoms with E-state index in [1.165, 1.54) is 0 Å². The van der Waals surface area contributed by atoms with Crippen molar-refractivity contribution < 1.29 is 18.5 Å². The van der Waals surface area contributed by atoms with Gasteiger partial charge in [0.1, 0.15) is 27.0 Å². The van der Waals surface area contributed by atoms with Crippen molar-refractivity contribution in [3.05, 3.63) is 95.9 Å². The van der Waals surface area contributed by atoms with Crippen LogP contribution in [0.2, 0.25) is 0 Å². The predicted molar refractivity (Wildman–Crippen MR) is 189 cm³/mol. The third-order valence-electron chi connectivity index (χ3n) is 7.53. The van der Waals surface area contributed by atoms with E-state index in [0.29, 0.717) is 23.9 Å². The molecular weight excluding hydrogens is 614 g/mol. The second kappa shape index (κ2) is 14.4. The number of carbonyl (C=O) groups excluding carboxylic acids is 2. The van der Waals surface area contributed by atoms with Gasteiger partial charge in [-0.1, -0.05) is 46.8 Å². The maximum Gasteiger partial charge on any atom is 0.324 e. The number of anilines is 2. The van der Waals surface area contributed by atoms with Gasteiger partial charge in [0, 0.05) is 42.5 Å². The summed E-state index contributed by atoms with van der Waals surface area (Å²) >= 11 is 0. The fourth-order valence-corrected chi connectivity index (χ4v) is 6.63. The zero-order valence-corrected chi connectivity index (χ0v) is 29.0. The molecule has 1 aliphatic rings. The first-order chi connectivity index (χ1) is 22.2. The van der Waals surface area contributed by atoms with Crippen LogP contribution in [0.15, 0.2) is 79.1 Å². The van der Waals surface area contributed by atoms with Gasteiger partial charge in [-0.15, -0.1) is 0 Å². The van der Waals surface area contributed by atoms with Crippen molar-refractivity contribution in [2.75, 3.05) is 17.2 Å². The van der Waals surface area contributed by atoms with Crippen LogP contribution in [0.5, 0.6) is 5.75 Å². The Morgan fingerprint density at radius 1 is 0.979 bits per heavy atom. The molecular formula is C35H45N7O4S. The van der Waals surface area contributed by atoms with E-state index in [-0.39, 0.29) is 17.9 Å². The molecule has 3 amide bonds. The first-order valence-corrected chi connectivity index (χ1v) is 17.3. The molecule has 11 nitrogen and oxygen atoms in total. The van der Waals surface area contributed by atoms with Gasteiger partial charge < -0.3 is 10.1 Å². The van der Waals surface area contributed by atoms with Gasteiger partial charge in [0.15, 0.2) is 0 Å². The molecule has 0 radical (unpaired) electrons. The average molecular weight is 660 g/mol. The molecule has 1 fully saturated rings. The van der Waals surface area contributed by atoms with Crippen molar-refractivity contribution in [1.29, 1.82) is 0 Å². The van der Waals surface area contributed by atoms with Crippen molar-refractivity contribution >= 4 is 39.2 Å². The van der Waals surface area contributed by atoms with Crippen molar-refractivity contribution in [2.24, 2.45) is 0 Å². The van der Waals surface area contributed by atoms with Crippen LogP contribution in [0.4, 0.5) is 16.3 Å². The normalized spacial score (nSPS) is 17.3. The van der Waals surface area contributed by atoms with E-state index in [9.17, 15) is 13.8 Å². The molecule has 1 saturated heterocycles. The van der Waals surface area contributed by atoms with E-state index in [1.807, 2.05) is 68.4 Å². The number of hydrogen-bond donors (Lipinski definition) is 3. The molecule has 3 heterocycles. The largest absolute Gasteiger partial charge is 0.493 e. The molecule has 0 aliphatic carbocycles. The topological polar surface area (TPSA) is 130 Å². The molecule has 250 valence electrons. The van der Waals surface area contributed by atoms with Gasteiger partial charge in [-0.2, -0.15) is 9.40 Å². The molecule has 2 aromatic carbocycles. The summed E-state index contributed by atoms with van der Waals surface area (Å²) in [6.07, 6.45) is 4.29. The summed E-state index contributed by atoms with van der Waals surface area (Å²) in [5.74, 6) is 4.62. The molecule has 1 aliphatic heterocycles. The van der Waals surface area contributed by atoms with Gasteiger partial charge in [-0.05, 0) is 79.4 Å². The van der Waals surface area contributed by atoms with Gasteiger partial charge in [0.2, 0.25) is 0 Å². The van der Waals surface area contributed by atoms with Gasteiger partial charge in [0.05, 0.1) is 18.0 Å². The first-order valence-electron chi connectivity index (χ1n) is 15.6. The van der Waals surface area contributed by atoms with Gasteiger partial charge in [0.25, 0.3) is 5.91 Å². The number of aromatic nitrogens is 3. The van der Waals surface area contributed by atoms with E-state index in [0.717, 1.165) is 28.9 Å². The Hall–Kier alpha value is -4.68. The molecule has 0 bridgehead atoms. The zero-order valence-electron chi connectivity index (χ0n) is 28.2. The van der Waals surface area contributed by atoms with Crippen LogP contribution in [0.3, 0.4) is 0 Å². The van der Waals surface area contributed by atoms with Crippen LogP contribution in [0.1, 0.15) is 65.3 Å². The number of urea groups is 1. The number of nitrogens with one attached hydrogen (secondary N) is 3. The second-order valence-electron chi connectivity index (χ2n) is 12.5. The fourth-order valence-electron chi connectivity index (χ4n) is 4.80. The minimum absolute atomic E-state index is 0.263. The number of pyridine rings is 1. The summed E-state index contributed by atoms with van der Waals surface area (Å²) in [6, 6.07) is 20.1. The molecule has 1 unspecified atom stereocenters. The Balaban J connectivity index is 0.00000245. The summed E-state index contributed by atoms with van der Waals surface area (Å²) in [7, 11) is -2.93. The Kier molecular flexibility index (Phi) is 10.8. The van der Waals surface area contributed by atoms with Crippen LogP contribution in [0, 0.1) is 0 Å². The summed E-state index contributed by atoms with van der Waals surface area (Å²) < 4.78 is 24.5. The fraction of sp³-hybridized carbons (Fsp3) is 0.343. The Bertz CT molecular complexity index is 1780. The lowest BCUT2D eigenvalue weighted by molar-refractivity contribution is -0.125. The lowest BCUT2D eigenvalue weighted by Gasteiger charge is -2.28. The van der Waals surface area contributed by atoms with Crippen molar-refractivity contribution in [1.82, 2.24) is 23.8 Å². The molecule has 0 spiro atoms. The molecule has 47 heavy (non-hydrogen) atoms. The number of amides is 3. The second-order valence-corrected chi connectivity index (χ2v) is 14.4. The van der Waals surface area contributed by atoms with Crippen LogP contribution in [-0.4, -0.2) is 53.2 Å². The highest BCUT2D eigenvalue weighted by atomic mass is 32.2. The van der Waals surface area contributed by atoms with E-state index in [1.54, 1.807) is 47.4 Å². The lowest BCUT2D eigenvalue weighted by atomic mass is 9.92. The smallest absolute Gasteiger partial charge is 0.324 e. The average Bonchev–Trinajstić information content (AvgIpc) is 3.52. The van der Waals surface area contributed by atoms with Crippen molar-refractivity contribution in [2.45, 2.75) is 72.4 Å². The van der Waals surface area contributed by atoms with Crippen molar-refractivity contribution in [3.63, 3.8) is 0 Å². The number of ether oxygens (including phenoxy) is 1. The molecule has 5 rings (SSSR count). The SMILES string of the molecule is C=S1(=O)NC(=O)C(C)(C)N1Cc1ccc(-n2nc(C(C)(C)C)cc2NC(=O)Nc2ccc(OCCc3ccncc3)cc2)cc1.CC. The van der Waals surface area contributed by atoms with E-state index < -0.39 is 21.5 Å². The monoisotopic (exact) mass is 659 g/mol. The van der Waals surface area contributed by atoms with Crippen LogP contribution < -0.4 is 20.1 Å². The molecule has 2 aromatic heterocycles. The van der Waals surface area contributed by atoms with Crippen LogP contribution in [-0.2, 0) is 33.1 Å². The number of carbonyl (C=O) groups is 2. The van der Waals surface area contributed by atoms with Gasteiger partial charge in [-0.3, -0.25) is 19.8 Å². The molecule has 1 atom stereocenters. The minimum Gasteiger partial charge on any atom is -0.493 e. The van der Waals surface area contributed by atoms with E-state index in [4.69, 9.17) is 9.84 Å². The highest BCUT2D eigenvalue weighted by Crippen LogP contribution is 2.29. The molecule has 12 heteroatoms. The summed E-state index contributed by atoms with van der Waals surface area (Å²) in [5.41, 5.74) is 2.91. The molecule has 0 saturated carbocycles. The maximum atomic E-state index is 13.1. The van der Waals surface area contributed by atoms with Crippen LogP contribution in [0.25, 0.3) is 5.69 Å². The molecule has 3 N–H and O–H groups in total. The van der Waals surface area contributed by atoms with Gasteiger partial charge in [-0.25, -0.2) is 13.7 Å². The third-order valence-corrected chi connectivity index (χ3v) is 9.34. The number of nitrogens with zero attached hydrogens (tertiary/aromatic N) is 4. The Morgan fingerprint density at radius 2 is 1.62 bits per heavy atom. The van der Waals surface area contributed by atoms with E-state index >= 15 is 0 Å². The standard InChI is InChI=1S/C33H39N7O4S.C2H6/c1-32(2,3)28-21-29(36-31(42)35-25-9-13-27(14-10-25)44-20-17-23-15-18-34-19-16-23)40(37-28)26-11-7-24(8-12-26)22-39-33(4,5)30(41)38-45(39,6)43;1-2/h7-16,18-19,21H,6,17,20,22H2,1-5H3,(H2,35,36,42)(H,38,41,43);1-2H3. The molecule has 4 aromatic rings. The first kappa shape index (κ1) is 35.2. The summed E-state index contributed by atoms with van der Waals surface area (Å²) in [4.78, 5) is 29.4. The Morgan fingerprint density at radius 3 is 2.19 bits per heavy atom. The highest BCUT2D eigenvalue weighted by molar-refractivity contribution is 7.97. The van der Waals surface area contributed by atoms with Crippen molar-refractivity contribution in [3.8, 4) is 11.4 Å². The number of hydrogen-bond acceptors (Lipinski definition) is 6. The summed E-state index contributed by atoms with van der Waals surface area (Å²) in [5, 5.41) is 10.6. The third kappa shape index (κ3) is 8.57. The number of rotatable bonds is 9. The lowest BCUT2D eigenvalue weighted by Crippen LogP contribution is -2.43. The van der Waals surface area contributed by atoms with Crippen LogP contribution >= 0.6 is 0 Å². The van der Waals surface area contributed by atoms with E-state index in [2.05, 4.69) is 47.0 Å².